The Hall–Kier alpha value is -0.870. The maximum Gasteiger partial charge on any atom is 0.337 e. The number of aliphatic hydroxyl groups is 1. The van der Waals surface area contributed by atoms with Crippen molar-refractivity contribution in [3.63, 3.8) is 0 Å². The monoisotopic (exact) mass is 286 g/mol. The van der Waals surface area contributed by atoms with Crippen LogP contribution in [-0.2, 0) is 11.2 Å². The molecule has 3 nitrogen and oxygen atoms in total. The van der Waals surface area contributed by atoms with Gasteiger partial charge in [0, 0.05) is 5.33 Å². The average Bonchev–Trinajstić information content (AvgIpc) is 2.24. The number of alkyl halides is 1. The number of hydrogen-bond donors (Lipinski definition) is 2. The van der Waals surface area contributed by atoms with Gasteiger partial charge in [-0.05, 0) is 30.9 Å². The normalized spacial score (nSPS) is 12.4. The molecule has 0 spiro atoms. The molecule has 1 atom stereocenters. The summed E-state index contributed by atoms with van der Waals surface area (Å²) in [5.74, 6) is -1.21. The fourth-order valence-electron chi connectivity index (χ4n) is 1.61. The number of aryl methyl sites for hydroxylation is 2. The number of carboxylic acid groups (broad SMARTS) is 1. The molecule has 0 saturated carbocycles. The van der Waals surface area contributed by atoms with Gasteiger partial charge in [0.25, 0.3) is 0 Å². The Bertz CT molecular complexity index is 377. The number of hydrogen-bond acceptors (Lipinski definition) is 2. The molecule has 0 radical (unpaired) electrons. The Balaban J connectivity index is 2.93. The van der Waals surface area contributed by atoms with Crippen molar-refractivity contribution in [2.75, 3.05) is 5.33 Å². The third-order valence-electron chi connectivity index (χ3n) is 2.31. The number of carbonyl (C=O) groups is 1. The molecule has 0 bridgehead atoms. The van der Waals surface area contributed by atoms with Crippen molar-refractivity contribution >= 4 is 21.9 Å². The van der Waals surface area contributed by atoms with Crippen LogP contribution in [0.4, 0.5) is 0 Å². The Morgan fingerprint density at radius 2 is 2.12 bits per heavy atom. The lowest BCUT2D eigenvalue weighted by Gasteiger charge is -2.09. The van der Waals surface area contributed by atoms with Gasteiger partial charge in [0.1, 0.15) is 0 Å². The SMILES string of the molecule is Cc1cc(CCCBr)cc(C(O)C(=O)O)c1. The summed E-state index contributed by atoms with van der Waals surface area (Å²) in [5, 5.41) is 19.1. The van der Waals surface area contributed by atoms with Gasteiger partial charge >= 0.3 is 5.97 Å². The van der Waals surface area contributed by atoms with Gasteiger partial charge in [-0.3, -0.25) is 0 Å². The van der Waals surface area contributed by atoms with Crippen molar-refractivity contribution in [1.82, 2.24) is 0 Å². The highest BCUT2D eigenvalue weighted by Crippen LogP contribution is 2.18. The third-order valence-corrected chi connectivity index (χ3v) is 2.87. The minimum atomic E-state index is -1.43. The van der Waals surface area contributed by atoms with E-state index in [9.17, 15) is 9.90 Å². The quantitative estimate of drug-likeness (QED) is 0.818. The highest BCUT2D eigenvalue weighted by atomic mass is 79.9. The van der Waals surface area contributed by atoms with Crippen LogP contribution < -0.4 is 0 Å². The summed E-state index contributed by atoms with van der Waals surface area (Å²) in [6.45, 7) is 1.90. The van der Waals surface area contributed by atoms with Crippen molar-refractivity contribution in [2.45, 2.75) is 25.9 Å². The molecule has 16 heavy (non-hydrogen) atoms. The van der Waals surface area contributed by atoms with Crippen molar-refractivity contribution in [3.05, 3.63) is 34.9 Å². The maximum absolute atomic E-state index is 10.7. The molecule has 0 aromatic heterocycles. The van der Waals surface area contributed by atoms with Crippen LogP contribution in [-0.4, -0.2) is 21.5 Å². The zero-order chi connectivity index (χ0) is 12.1. The van der Waals surface area contributed by atoms with E-state index in [2.05, 4.69) is 15.9 Å². The van der Waals surface area contributed by atoms with E-state index in [1.54, 1.807) is 12.1 Å². The zero-order valence-electron chi connectivity index (χ0n) is 9.11. The van der Waals surface area contributed by atoms with E-state index in [1.807, 2.05) is 13.0 Å². The number of carboxylic acids is 1. The molecular weight excluding hydrogens is 272 g/mol. The zero-order valence-corrected chi connectivity index (χ0v) is 10.7. The molecule has 2 N–H and O–H groups in total. The summed E-state index contributed by atoms with van der Waals surface area (Å²) in [4.78, 5) is 10.7. The highest BCUT2D eigenvalue weighted by Gasteiger charge is 2.16. The first-order valence-corrected chi connectivity index (χ1v) is 6.24. The van der Waals surface area contributed by atoms with Crippen LogP contribution in [0.25, 0.3) is 0 Å². The first kappa shape index (κ1) is 13.2. The van der Waals surface area contributed by atoms with E-state index in [1.165, 1.54) is 0 Å². The molecule has 0 amide bonds. The molecule has 4 heteroatoms. The van der Waals surface area contributed by atoms with E-state index in [0.717, 1.165) is 29.3 Å². The summed E-state index contributed by atoms with van der Waals surface area (Å²) >= 11 is 3.35. The van der Waals surface area contributed by atoms with Crippen LogP contribution in [0, 0.1) is 6.92 Å². The second-order valence-corrected chi connectivity index (χ2v) is 4.58. The number of halogens is 1. The molecule has 88 valence electrons. The largest absolute Gasteiger partial charge is 0.479 e. The van der Waals surface area contributed by atoms with Crippen molar-refractivity contribution in [3.8, 4) is 0 Å². The van der Waals surface area contributed by atoms with Gasteiger partial charge in [0.05, 0.1) is 0 Å². The van der Waals surface area contributed by atoms with Gasteiger partial charge in [-0.1, -0.05) is 39.7 Å². The molecule has 1 aromatic rings. The standard InChI is InChI=1S/C12H15BrO3/c1-8-5-9(3-2-4-13)7-10(6-8)11(14)12(15)16/h5-7,11,14H,2-4H2,1H3,(H,15,16). The van der Waals surface area contributed by atoms with Crippen LogP contribution in [0.2, 0.25) is 0 Å². The van der Waals surface area contributed by atoms with E-state index in [0.29, 0.717) is 5.56 Å². The number of benzene rings is 1. The van der Waals surface area contributed by atoms with Gasteiger partial charge in [0.2, 0.25) is 0 Å². The number of aliphatic carboxylic acids is 1. The molecule has 0 aliphatic carbocycles. The predicted molar refractivity (Wildman–Crippen MR) is 65.9 cm³/mol. The Morgan fingerprint density at radius 1 is 1.44 bits per heavy atom. The van der Waals surface area contributed by atoms with E-state index in [4.69, 9.17) is 5.11 Å². The minimum absolute atomic E-state index is 0.456. The van der Waals surface area contributed by atoms with Gasteiger partial charge in [-0.15, -0.1) is 0 Å². The summed E-state index contributed by atoms with van der Waals surface area (Å²) in [7, 11) is 0. The van der Waals surface area contributed by atoms with E-state index >= 15 is 0 Å². The lowest BCUT2D eigenvalue weighted by atomic mass is 10.00. The second kappa shape index (κ2) is 6.01. The molecule has 0 aliphatic heterocycles. The van der Waals surface area contributed by atoms with Crippen LogP contribution in [0.5, 0.6) is 0 Å². The molecule has 0 heterocycles. The van der Waals surface area contributed by atoms with Crippen molar-refractivity contribution in [1.29, 1.82) is 0 Å². The smallest absolute Gasteiger partial charge is 0.337 e. The van der Waals surface area contributed by atoms with Crippen LogP contribution in [0.3, 0.4) is 0 Å². The number of rotatable bonds is 5. The molecule has 1 aromatic carbocycles. The summed E-state index contributed by atoms with van der Waals surface area (Å²) in [5.41, 5.74) is 2.49. The van der Waals surface area contributed by atoms with E-state index < -0.39 is 12.1 Å². The van der Waals surface area contributed by atoms with Crippen LogP contribution in [0.15, 0.2) is 18.2 Å². The molecule has 1 rings (SSSR count). The molecule has 0 fully saturated rings. The predicted octanol–water partition coefficient (Wildman–Crippen LogP) is 2.44. The van der Waals surface area contributed by atoms with Gasteiger partial charge in [-0.25, -0.2) is 4.79 Å². The second-order valence-electron chi connectivity index (χ2n) is 3.79. The fourth-order valence-corrected chi connectivity index (χ4v) is 1.89. The topological polar surface area (TPSA) is 57.5 Å². The molecular formula is C12H15BrO3. The van der Waals surface area contributed by atoms with Crippen LogP contribution in [0.1, 0.15) is 29.2 Å². The lowest BCUT2D eigenvalue weighted by molar-refractivity contribution is -0.146. The van der Waals surface area contributed by atoms with Gasteiger partial charge in [0.15, 0.2) is 6.10 Å². The van der Waals surface area contributed by atoms with Crippen molar-refractivity contribution in [2.24, 2.45) is 0 Å². The van der Waals surface area contributed by atoms with Crippen LogP contribution >= 0.6 is 15.9 Å². The maximum atomic E-state index is 10.7. The molecule has 0 saturated heterocycles. The summed E-state index contributed by atoms with van der Waals surface area (Å²) in [6, 6.07) is 5.48. The summed E-state index contributed by atoms with van der Waals surface area (Å²) < 4.78 is 0. The Labute approximate surface area is 103 Å². The average molecular weight is 287 g/mol. The molecule has 0 aliphatic rings. The first-order chi connectivity index (χ1) is 7.54. The highest BCUT2D eigenvalue weighted by molar-refractivity contribution is 9.09. The third kappa shape index (κ3) is 3.61. The number of aliphatic hydroxyl groups excluding tert-OH is 1. The summed E-state index contributed by atoms with van der Waals surface area (Å²) in [6.07, 6.45) is 0.445. The Kier molecular flexibility index (Phi) is 4.96. The van der Waals surface area contributed by atoms with E-state index in [-0.39, 0.29) is 0 Å². The fraction of sp³-hybridized carbons (Fsp3) is 0.417. The van der Waals surface area contributed by atoms with Gasteiger partial charge < -0.3 is 10.2 Å². The lowest BCUT2D eigenvalue weighted by Crippen LogP contribution is -2.11. The minimum Gasteiger partial charge on any atom is -0.479 e. The first-order valence-electron chi connectivity index (χ1n) is 5.12. The molecule has 1 unspecified atom stereocenters. The van der Waals surface area contributed by atoms with Gasteiger partial charge in [-0.2, -0.15) is 0 Å². The van der Waals surface area contributed by atoms with Crippen molar-refractivity contribution < 1.29 is 15.0 Å². The Morgan fingerprint density at radius 3 is 2.69 bits per heavy atom.